The molecule has 1 aromatic heterocycles. The van der Waals surface area contributed by atoms with Gasteiger partial charge in [-0.1, -0.05) is 18.2 Å². The zero-order valence-corrected chi connectivity index (χ0v) is 15.1. The molecule has 0 aliphatic heterocycles. The van der Waals surface area contributed by atoms with E-state index in [2.05, 4.69) is 5.32 Å². The maximum absolute atomic E-state index is 13.7. The molecular weight excluding hydrogens is 366 g/mol. The molecule has 0 fully saturated rings. The van der Waals surface area contributed by atoms with Crippen LogP contribution in [0, 0.1) is 18.6 Å². The van der Waals surface area contributed by atoms with Gasteiger partial charge in [-0.05, 0) is 37.3 Å². The van der Waals surface area contributed by atoms with Gasteiger partial charge in [-0.25, -0.2) is 8.78 Å². The van der Waals surface area contributed by atoms with Crippen LogP contribution in [-0.4, -0.2) is 10.5 Å². The van der Waals surface area contributed by atoms with Gasteiger partial charge < -0.3 is 14.6 Å². The Bertz CT molecular complexity index is 1050. The van der Waals surface area contributed by atoms with Crippen molar-refractivity contribution in [1.82, 2.24) is 4.57 Å². The molecule has 1 heterocycles. The first-order valence-electron chi connectivity index (χ1n) is 8.55. The molecular formula is C21H18F2N2O3. The highest BCUT2D eigenvalue weighted by Crippen LogP contribution is 2.13. The van der Waals surface area contributed by atoms with Crippen molar-refractivity contribution in [2.45, 2.75) is 20.1 Å². The summed E-state index contributed by atoms with van der Waals surface area (Å²) in [6, 6.07) is 12.9. The van der Waals surface area contributed by atoms with E-state index in [0.29, 0.717) is 16.9 Å². The van der Waals surface area contributed by atoms with Gasteiger partial charge in [-0.2, -0.15) is 0 Å². The molecule has 3 aromatic rings. The molecule has 0 aliphatic rings. The summed E-state index contributed by atoms with van der Waals surface area (Å²) < 4.78 is 33.7. The number of carbonyl (C=O) groups excluding carboxylic acids is 1. The highest BCUT2D eigenvalue weighted by molar-refractivity contribution is 5.90. The lowest BCUT2D eigenvalue weighted by atomic mass is 10.2. The predicted molar refractivity (Wildman–Crippen MR) is 101 cm³/mol. The van der Waals surface area contributed by atoms with E-state index in [1.165, 1.54) is 42.6 Å². The van der Waals surface area contributed by atoms with E-state index >= 15 is 0 Å². The van der Waals surface area contributed by atoms with Crippen molar-refractivity contribution in [3.63, 3.8) is 0 Å². The number of benzene rings is 2. The summed E-state index contributed by atoms with van der Waals surface area (Å²) in [6.45, 7) is 1.51. The second-order valence-corrected chi connectivity index (χ2v) is 6.21. The molecule has 0 atom stereocenters. The van der Waals surface area contributed by atoms with Crippen LogP contribution in [0.1, 0.15) is 11.3 Å². The first kappa shape index (κ1) is 19.3. The van der Waals surface area contributed by atoms with E-state index in [4.69, 9.17) is 4.74 Å². The predicted octanol–water partition coefficient (Wildman–Crippen LogP) is 3.65. The molecule has 0 saturated heterocycles. The van der Waals surface area contributed by atoms with Crippen LogP contribution < -0.4 is 15.5 Å². The number of nitrogens with zero attached hydrogens (tertiary/aromatic N) is 1. The Kier molecular flexibility index (Phi) is 5.84. The summed E-state index contributed by atoms with van der Waals surface area (Å²) in [7, 11) is 0. The lowest BCUT2D eigenvalue weighted by Gasteiger charge is -2.13. The Morgan fingerprint density at radius 1 is 1.11 bits per heavy atom. The summed E-state index contributed by atoms with van der Waals surface area (Å²) in [5.41, 5.74) is 0.991. The van der Waals surface area contributed by atoms with Crippen LogP contribution in [-0.2, 0) is 17.9 Å². The second-order valence-electron chi connectivity index (χ2n) is 6.21. The quantitative estimate of drug-likeness (QED) is 0.706. The number of aryl methyl sites for hydroxylation is 1. The molecule has 7 heteroatoms. The Hall–Kier alpha value is -3.48. The fourth-order valence-electron chi connectivity index (χ4n) is 2.59. The first-order chi connectivity index (χ1) is 13.4. The standard InChI is InChI=1S/C21H18F2N2O3/c1-14-10-19(26)20(28-13-15-4-2-3-5-18(15)23)11-25(14)12-21(27)24-17-8-6-16(22)7-9-17/h2-11H,12-13H2,1H3,(H,24,27). The third kappa shape index (κ3) is 4.82. The smallest absolute Gasteiger partial charge is 0.244 e. The number of halogens is 2. The monoisotopic (exact) mass is 384 g/mol. The molecule has 1 amide bonds. The number of hydrogen-bond donors (Lipinski definition) is 1. The van der Waals surface area contributed by atoms with Crippen LogP contribution in [0.3, 0.4) is 0 Å². The number of pyridine rings is 1. The number of aromatic nitrogens is 1. The summed E-state index contributed by atoms with van der Waals surface area (Å²) in [5, 5.41) is 2.65. The van der Waals surface area contributed by atoms with Gasteiger partial charge in [0, 0.05) is 23.0 Å². The molecule has 0 saturated carbocycles. The van der Waals surface area contributed by atoms with Gasteiger partial charge in [0.1, 0.15) is 24.8 Å². The minimum Gasteiger partial charge on any atom is -0.483 e. The van der Waals surface area contributed by atoms with Crippen molar-refractivity contribution in [2.24, 2.45) is 0 Å². The van der Waals surface area contributed by atoms with Gasteiger partial charge in [0.2, 0.25) is 11.3 Å². The Labute approximate surface area is 160 Å². The molecule has 0 radical (unpaired) electrons. The average Bonchev–Trinajstić information content (AvgIpc) is 2.66. The Balaban J connectivity index is 1.71. The Morgan fingerprint density at radius 2 is 1.82 bits per heavy atom. The van der Waals surface area contributed by atoms with Crippen molar-refractivity contribution in [1.29, 1.82) is 0 Å². The van der Waals surface area contributed by atoms with Gasteiger partial charge in [0.15, 0.2) is 5.75 Å². The second kappa shape index (κ2) is 8.47. The van der Waals surface area contributed by atoms with Gasteiger partial charge in [0.25, 0.3) is 0 Å². The number of carbonyl (C=O) groups is 1. The fraction of sp³-hybridized carbons (Fsp3) is 0.143. The summed E-state index contributed by atoms with van der Waals surface area (Å²) in [5.74, 6) is -1.15. The Morgan fingerprint density at radius 3 is 2.54 bits per heavy atom. The van der Waals surface area contributed by atoms with Crippen molar-refractivity contribution < 1.29 is 18.3 Å². The van der Waals surface area contributed by atoms with Crippen LogP contribution in [0.5, 0.6) is 5.75 Å². The summed E-state index contributed by atoms with van der Waals surface area (Å²) >= 11 is 0. The molecule has 0 spiro atoms. The maximum Gasteiger partial charge on any atom is 0.244 e. The van der Waals surface area contributed by atoms with E-state index in [-0.39, 0.29) is 30.2 Å². The van der Waals surface area contributed by atoms with E-state index < -0.39 is 11.6 Å². The molecule has 2 aromatic carbocycles. The lowest BCUT2D eigenvalue weighted by Crippen LogP contribution is -2.22. The van der Waals surface area contributed by atoms with Crippen LogP contribution in [0.15, 0.2) is 65.6 Å². The van der Waals surface area contributed by atoms with Crippen LogP contribution in [0.25, 0.3) is 0 Å². The van der Waals surface area contributed by atoms with Crippen molar-refractivity contribution in [3.8, 4) is 5.75 Å². The highest BCUT2D eigenvalue weighted by atomic mass is 19.1. The zero-order valence-electron chi connectivity index (χ0n) is 15.1. The minimum atomic E-state index is -0.423. The van der Waals surface area contributed by atoms with Crippen LogP contribution >= 0.6 is 0 Å². The van der Waals surface area contributed by atoms with E-state index in [1.54, 1.807) is 29.7 Å². The van der Waals surface area contributed by atoms with Gasteiger partial charge >= 0.3 is 0 Å². The highest BCUT2D eigenvalue weighted by Gasteiger charge is 2.10. The third-order valence-corrected chi connectivity index (χ3v) is 4.09. The molecule has 144 valence electrons. The van der Waals surface area contributed by atoms with Crippen molar-refractivity contribution >= 4 is 11.6 Å². The van der Waals surface area contributed by atoms with Gasteiger partial charge in [-0.15, -0.1) is 0 Å². The third-order valence-electron chi connectivity index (χ3n) is 4.09. The molecule has 0 aliphatic carbocycles. The number of ether oxygens (including phenoxy) is 1. The SMILES string of the molecule is Cc1cc(=O)c(OCc2ccccc2F)cn1CC(=O)Nc1ccc(F)cc1. The van der Waals surface area contributed by atoms with Crippen molar-refractivity contribution in [3.05, 3.63) is 93.9 Å². The van der Waals surface area contributed by atoms with Gasteiger partial charge in [0.05, 0.1) is 6.20 Å². The van der Waals surface area contributed by atoms with Crippen LogP contribution in [0.2, 0.25) is 0 Å². The minimum absolute atomic E-state index is 0.0171. The number of amides is 1. The topological polar surface area (TPSA) is 60.3 Å². The molecule has 0 unspecified atom stereocenters. The molecule has 1 N–H and O–H groups in total. The molecule has 3 rings (SSSR count). The van der Waals surface area contributed by atoms with Crippen molar-refractivity contribution in [2.75, 3.05) is 5.32 Å². The number of rotatable bonds is 6. The van der Waals surface area contributed by atoms with Crippen LogP contribution in [0.4, 0.5) is 14.5 Å². The zero-order chi connectivity index (χ0) is 20.1. The molecule has 5 nitrogen and oxygen atoms in total. The fourth-order valence-corrected chi connectivity index (χ4v) is 2.59. The van der Waals surface area contributed by atoms with E-state index in [0.717, 1.165) is 0 Å². The normalized spacial score (nSPS) is 10.5. The lowest BCUT2D eigenvalue weighted by molar-refractivity contribution is -0.116. The van der Waals surface area contributed by atoms with E-state index in [1.807, 2.05) is 0 Å². The van der Waals surface area contributed by atoms with Gasteiger partial charge in [-0.3, -0.25) is 9.59 Å². The average molecular weight is 384 g/mol. The van der Waals surface area contributed by atoms with E-state index in [9.17, 15) is 18.4 Å². The number of nitrogens with one attached hydrogen (secondary N) is 1. The molecule has 0 bridgehead atoms. The first-order valence-corrected chi connectivity index (χ1v) is 8.55. The summed E-state index contributed by atoms with van der Waals surface area (Å²) in [4.78, 5) is 24.4. The number of hydrogen-bond acceptors (Lipinski definition) is 3. The maximum atomic E-state index is 13.7. The number of anilines is 1. The summed E-state index contributed by atoms with van der Waals surface area (Å²) in [6.07, 6.45) is 1.42. The molecule has 28 heavy (non-hydrogen) atoms. The largest absolute Gasteiger partial charge is 0.483 e.